The lowest BCUT2D eigenvalue weighted by Gasteiger charge is -2.14. The van der Waals surface area contributed by atoms with Crippen LogP contribution in [-0.2, 0) is 19.6 Å². The minimum absolute atomic E-state index is 0.0320. The molecule has 1 aromatic carbocycles. The van der Waals surface area contributed by atoms with Gasteiger partial charge in [0.1, 0.15) is 0 Å². The maximum atomic E-state index is 12.3. The second-order valence-corrected chi connectivity index (χ2v) is 8.08. The highest BCUT2D eigenvalue weighted by Gasteiger charge is 2.20. The third-order valence-electron chi connectivity index (χ3n) is 3.51. The van der Waals surface area contributed by atoms with Gasteiger partial charge in [-0.2, -0.15) is 0 Å². The minimum Gasteiger partial charge on any atom is -0.449 e. The van der Waals surface area contributed by atoms with Crippen LogP contribution in [0.25, 0.3) is 0 Å². The molecule has 1 aromatic heterocycles. The van der Waals surface area contributed by atoms with E-state index in [1.807, 2.05) is 0 Å². The van der Waals surface area contributed by atoms with Crippen LogP contribution in [0.2, 0.25) is 5.15 Å². The van der Waals surface area contributed by atoms with Crippen molar-refractivity contribution in [1.29, 1.82) is 0 Å². The Morgan fingerprint density at radius 1 is 1.25 bits per heavy atom. The first-order valence-corrected chi connectivity index (χ1v) is 10.5. The fourth-order valence-corrected chi connectivity index (χ4v) is 3.50. The Morgan fingerprint density at radius 3 is 2.68 bits per heavy atom. The maximum absolute atomic E-state index is 12.3. The number of anilines is 2. The number of halogens is 1. The first-order chi connectivity index (χ1) is 13.2. The maximum Gasteiger partial charge on any atom is 0.338 e. The molecule has 2 N–H and O–H groups in total. The van der Waals surface area contributed by atoms with Gasteiger partial charge in [-0.15, -0.1) is 0 Å². The molecular weight excluding hydrogens is 406 g/mol. The average Bonchev–Trinajstić information content (AvgIpc) is 2.63. The summed E-state index contributed by atoms with van der Waals surface area (Å²) in [6.07, 6.45) is 0.831. The van der Waals surface area contributed by atoms with Crippen molar-refractivity contribution in [3.8, 4) is 0 Å². The number of pyridine rings is 1. The van der Waals surface area contributed by atoms with Crippen molar-refractivity contribution in [2.75, 3.05) is 15.8 Å². The van der Waals surface area contributed by atoms with E-state index in [1.54, 1.807) is 19.1 Å². The SMILES string of the molecule is CCCS(=O)(=O)Nc1cccc(C(=O)OC(C)C(=O)Nc2cccnc2Cl)c1. The third kappa shape index (κ3) is 6.21. The molecule has 0 spiro atoms. The van der Waals surface area contributed by atoms with Gasteiger partial charge in [-0.25, -0.2) is 18.2 Å². The smallest absolute Gasteiger partial charge is 0.338 e. The van der Waals surface area contributed by atoms with Crippen LogP contribution in [0.5, 0.6) is 0 Å². The van der Waals surface area contributed by atoms with Gasteiger partial charge in [-0.05, 0) is 43.7 Å². The highest BCUT2D eigenvalue weighted by Crippen LogP contribution is 2.18. The molecule has 1 unspecified atom stereocenters. The fraction of sp³-hybridized carbons (Fsp3) is 0.278. The van der Waals surface area contributed by atoms with Crippen molar-refractivity contribution in [3.05, 3.63) is 53.3 Å². The molecule has 0 aliphatic carbocycles. The number of hydrogen-bond donors (Lipinski definition) is 2. The highest BCUT2D eigenvalue weighted by molar-refractivity contribution is 7.92. The molecule has 0 aliphatic heterocycles. The summed E-state index contributed by atoms with van der Waals surface area (Å²) in [4.78, 5) is 28.3. The van der Waals surface area contributed by atoms with Crippen molar-refractivity contribution in [2.24, 2.45) is 0 Å². The Morgan fingerprint density at radius 2 is 2.00 bits per heavy atom. The van der Waals surface area contributed by atoms with Crippen LogP contribution in [0.1, 0.15) is 30.6 Å². The number of carbonyl (C=O) groups is 2. The number of hydrogen-bond acceptors (Lipinski definition) is 6. The summed E-state index contributed by atoms with van der Waals surface area (Å²) < 4.78 is 31.3. The Balaban J connectivity index is 2.03. The number of carbonyl (C=O) groups excluding carboxylic acids is 2. The van der Waals surface area contributed by atoms with Crippen LogP contribution in [0.15, 0.2) is 42.6 Å². The van der Waals surface area contributed by atoms with Gasteiger partial charge >= 0.3 is 5.97 Å². The number of ether oxygens (including phenoxy) is 1. The largest absolute Gasteiger partial charge is 0.449 e. The zero-order valence-electron chi connectivity index (χ0n) is 15.3. The average molecular weight is 426 g/mol. The van der Waals surface area contributed by atoms with E-state index in [9.17, 15) is 18.0 Å². The van der Waals surface area contributed by atoms with E-state index >= 15 is 0 Å². The fourth-order valence-electron chi connectivity index (χ4n) is 2.20. The van der Waals surface area contributed by atoms with Crippen LogP contribution in [0.4, 0.5) is 11.4 Å². The van der Waals surface area contributed by atoms with Gasteiger partial charge in [0.25, 0.3) is 5.91 Å². The zero-order valence-corrected chi connectivity index (χ0v) is 16.9. The molecule has 2 aromatic rings. The van der Waals surface area contributed by atoms with Crippen LogP contribution in [0, 0.1) is 0 Å². The number of esters is 1. The van der Waals surface area contributed by atoms with Gasteiger partial charge in [0.15, 0.2) is 11.3 Å². The molecule has 0 aliphatic rings. The summed E-state index contributed by atoms with van der Waals surface area (Å²) in [5.74, 6) is -1.38. The van der Waals surface area contributed by atoms with Gasteiger partial charge in [0.05, 0.1) is 17.0 Å². The number of amides is 1. The van der Waals surface area contributed by atoms with Crippen molar-refractivity contribution in [1.82, 2.24) is 4.98 Å². The second-order valence-electron chi connectivity index (χ2n) is 5.88. The monoisotopic (exact) mass is 425 g/mol. The number of benzene rings is 1. The van der Waals surface area contributed by atoms with Crippen molar-refractivity contribution in [3.63, 3.8) is 0 Å². The van der Waals surface area contributed by atoms with Crippen molar-refractivity contribution < 1.29 is 22.7 Å². The second kappa shape index (κ2) is 9.52. The Hall–Kier alpha value is -2.65. The van der Waals surface area contributed by atoms with Gasteiger partial charge in [-0.1, -0.05) is 24.6 Å². The first kappa shape index (κ1) is 21.6. The molecular formula is C18H20ClN3O5S. The molecule has 1 amide bonds. The molecule has 8 nitrogen and oxygen atoms in total. The molecule has 0 radical (unpaired) electrons. The summed E-state index contributed by atoms with van der Waals surface area (Å²) in [6, 6.07) is 9.00. The normalized spacial score (nSPS) is 12.1. The Bertz CT molecular complexity index is 965. The lowest BCUT2D eigenvalue weighted by atomic mass is 10.2. The van der Waals surface area contributed by atoms with E-state index in [1.165, 1.54) is 37.4 Å². The van der Waals surface area contributed by atoms with Crippen molar-refractivity contribution in [2.45, 2.75) is 26.4 Å². The number of rotatable bonds is 8. The summed E-state index contributed by atoms with van der Waals surface area (Å²) >= 11 is 5.88. The number of nitrogens with one attached hydrogen (secondary N) is 2. The van der Waals surface area contributed by atoms with Gasteiger partial charge in [0.2, 0.25) is 10.0 Å². The van der Waals surface area contributed by atoms with Crippen LogP contribution in [0.3, 0.4) is 0 Å². The Kier molecular flexibility index (Phi) is 7.36. The highest BCUT2D eigenvalue weighted by atomic mass is 35.5. The number of nitrogens with zero attached hydrogens (tertiary/aromatic N) is 1. The van der Waals surface area contributed by atoms with Crippen LogP contribution in [-0.4, -0.2) is 37.1 Å². The van der Waals surface area contributed by atoms with E-state index in [2.05, 4.69) is 15.0 Å². The molecule has 0 saturated heterocycles. The zero-order chi connectivity index (χ0) is 20.7. The summed E-state index contributed by atoms with van der Waals surface area (Å²) in [5, 5.41) is 2.63. The molecule has 1 atom stereocenters. The first-order valence-electron chi connectivity index (χ1n) is 8.44. The van der Waals surface area contributed by atoms with Gasteiger partial charge < -0.3 is 10.1 Å². The van der Waals surface area contributed by atoms with E-state index < -0.39 is 28.0 Å². The van der Waals surface area contributed by atoms with E-state index in [4.69, 9.17) is 16.3 Å². The third-order valence-corrected chi connectivity index (χ3v) is 5.31. The van der Waals surface area contributed by atoms with Gasteiger partial charge in [-0.3, -0.25) is 9.52 Å². The summed E-state index contributed by atoms with van der Waals surface area (Å²) in [7, 11) is -3.49. The molecule has 28 heavy (non-hydrogen) atoms. The Labute approximate surface area is 168 Å². The topological polar surface area (TPSA) is 114 Å². The molecule has 2 rings (SSSR count). The van der Waals surface area contributed by atoms with E-state index in [0.29, 0.717) is 12.1 Å². The van der Waals surface area contributed by atoms with Crippen molar-refractivity contribution >= 4 is 44.9 Å². The van der Waals surface area contributed by atoms with Gasteiger partial charge in [0, 0.05) is 11.9 Å². The minimum atomic E-state index is -3.49. The van der Waals surface area contributed by atoms with Crippen LogP contribution >= 0.6 is 11.6 Å². The number of sulfonamides is 1. The van der Waals surface area contributed by atoms with Crippen LogP contribution < -0.4 is 10.0 Å². The molecule has 0 saturated carbocycles. The van der Waals surface area contributed by atoms with E-state index in [0.717, 1.165) is 0 Å². The predicted octanol–water partition coefficient (Wildman–Crippen LogP) is 3.07. The molecule has 150 valence electrons. The lowest BCUT2D eigenvalue weighted by Crippen LogP contribution is -2.30. The summed E-state index contributed by atoms with van der Waals surface area (Å²) in [6.45, 7) is 3.16. The number of aromatic nitrogens is 1. The molecule has 0 fully saturated rings. The standard InChI is InChI=1S/C18H20ClN3O5S/c1-3-10-28(25,26)22-14-7-4-6-13(11-14)18(24)27-12(2)17(23)21-15-8-5-9-20-16(15)19/h4-9,11-12,22H,3,10H2,1-2H3,(H,21,23). The summed E-state index contributed by atoms with van der Waals surface area (Å²) in [5.41, 5.74) is 0.641. The lowest BCUT2D eigenvalue weighted by molar-refractivity contribution is -0.123. The molecule has 10 heteroatoms. The molecule has 1 heterocycles. The predicted molar refractivity (Wildman–Crippen MR) is 107 cm³/mol. The molecule has 0 bridgehead atoms. The quantitative estimate of drug-likeness (QED) is 0.496. The van der Waals surface area contributed by atoms with E-state index in [-0.39, 0.29) is 22.2 Å².